The van der Waals surface area contributed by atoms with E-state index >= 15 is 0 Å². The van der Waals surface area contributed by atoms with E-state index in [1.807, 2.05) is 0 Å². The van der Waals surface area contributed by atoms with E-state index in [2.05, 4.69) is 15.9 Å². The van der Waals surface area contributed by atoms with Crippen molar-refractivity contribution in [2.75, 3.05) is 0 Å². The van der Waals surface area contributed by atoms with Gasteiger partial charge in [-0.1, -0.05) is 4.89 Å². The number of hydrogen-bond acceptors (Lipinski definition) is 5. The minimum absolute atomic E-state index is 0.331. The number of non-ortho nitro benzene ring substituents is 1. The Morgan fingerprint density at radius 3 is 2.40 bits per heavy atom. The molecule has 0 aliphatic heterocycles. The van der Waals surface area contributed by atoms with Gasteiger partial charge in [-0.25, -0.2) is 12.8 Å². The maximum atomic E-state index is 13.8. The molecule has 0 aliphatic rings. The average Bonchev–Trinajstić information content (AvgIpc) is 2.28. The Hall–Kier alpha value is -1.10. The molecule has 20 heavy (non-hydrogen) atoms. The third-order valence-electron chi connectivity index (χ3n) is 1.94. The van der Waals surface area contributed by atoms with E-state index in [0.29, 0.717) is 6.07 Å². The lowest BCUT2D eigenvalue weighted by Gasteiger charge is -2.19. The standard InChI is InChI=1S/C10H12BrFN2O5S/c1-10(2,3)19-13-20(17,18)8-5-6(14(15)16)4-7(11)9(8)12/h4-5,13H,1-3H3. The van der Waals surface area contributed by atoms with Crippen molar-refractivity contribution in [3.8, 4) is 0 Å². The van der Waals surface area contributed by atoms with Crippen molar-refractivity contribution >= 4 is 31.6 Å². The van der Waals surface area contributed by atoms with E-state index in [1.54, 1.807) is 25.7 Å². The van der Waals surface area contributed by atoms with Gasteiger partial charge in [-0.05, 0) is 36.7 Å². The summed E-state index contributed by atoms with van der Waals surface area (Å²) in [5, 5.41) is 10.7. The van der Waals surface area contributed by atoms with E-state index in [-0.39, 0.29) is 4.47 Å². The minimum Gasteiger partial charge on any atom is -0.281 e. The molecule has 0 saturated carbocycles. The number of halogens is 2. The molecule has 0 heterocycles. The molecule has 0 aromatic heterocycles. The first kappa shape index (κ1) is 17.0. The fraction of sp³-hybridized carbons (Fsp3) is 0.400. The van der Waals surface area contributed by atoms with Gasteiger partial charge in [0, 0.05) is 12.1 Å². The maximum Gasteiger partial charge on any atom is 0.272 e. The molecule has 1 aromatic rings. The second kappa shape index (κ2) is 5.72. The summed E-state index contributed by atoms with van der Waals surface area (Å²) in [6.45, 7) is 4.74. The zero-order chi connectivity index (χ0) is 15.7. The smallest absolute Gasteiger partial charge is 0.272 e. The zero-order valence-electron chi connectivity index (χ0n) is 10.8. The van der Waals surface area contributed by atoms with Crippen LogP contribution in [0.25, 0.3) is 0 Å². The average molecular weight is 371 g/mol. The third-order valence-corrected chi connectivity index (χ3v) is 3.69. The van der Waals surface area contributed by atoms with Crippen LogP contribution in [-0.2, 0) is 14.9 Å². The second-order valence-corrected chi connectivity index (χ2v) is 7.27. The van der Waals surface area contributed by atoms with Crippen molar-refractivity contribution in [2.45, 2.75) is 31.3 Å². The van der Waals surface area contributed by atoms with Gasteiger partial charge in [0.2, 0.25) is 0 Å². The molecule has 10 heteroatoms. The van der Waals surface area contributed by atoms with Crippen LogP contribution in [0, 0.1) is 15.9 Å². The highest BCUT2D eigenvalue weighted by atomic mass is 79.9. The highest BCUT2D eigenvalue weighted by Crippen LogP contribution is 2.28. The number of benzene rings is 1. The van der Waals surface area contributed by atoms with Crippen LogP contribution in [0.1, 0.15) is 20.8 Å². The quantitative estimate of drug-likeness (QED) is 0.648. The van der Waals surface area contributed by atoms with Gasteiger partial charge in [0.25, 0.3) is 15.7 Å². The number of nitro benzene ring substituents is 1. The number of sulfonamides is 1. The first-order valence-corrected chi connectivity index (χ1v) is 7.55. The van der Waals surface area contributed by atoms with Gasteiger partial charge in [-0.3, -0.25) is 15.0 Å². The summed E-state index contributed by atoms with van der Waals surface area (Å²) in [6, 6.07) is 1.49. The minimum atomic E-state index is -4.38. The van der Waals surface area contributed by atoms with Gasteiger partial charge in [-0.15, -0.1) is 0 Å². The Bertz CT molecular complexity index is 642. The molecule has 0 unspecified atom stereocenters. The van der Waals surface area contributed by atoms with E-state index in [0.717, 1.165) is 6.07 Å². The van der Waals surface area contributed by atoms with E-state index in [9.17, 15) is 22.9 Å². The van der Waals surface area contributed by atoms with Crippen molar-refractivity contribution < 1.29 is 22.6 Å². The fourth-order valence-corrected chi connectivity index (χ4v) is 2.73. The zero-order valence-corrected chi connectivity index (χ0v) is 13.2. The normalized spacial score (nSPS) is 12.4. The van der Waals surface area contributed by atoms with Crippen LogP contribution in [0.3, 0.4) is 0 Å². The van der Waals surface area contributed by atoms with E-state index in [1.165, 1.54) is 0 Å². The summed E-state index contributed by atoms with van der Waals surface area (Å²) in [5.74, 6) is -1.14. The van der Waals surface area contributed by atoms with Gasteiger partial charge in [0.1, 0.15) is 4.90 Å². The molecule has 0 amide bonds. The van der Waals surface area contributed by atoms with Crippen molar-refractivity contribution in [3.63, 3.8) is 0 Å². The van der Waals surface area contributed by atoms with Crippen LogP contribution < -0.4 is 4.89 Å². The van der Waals surface area contributed by atoms with Crippen LogP contribution >= 0.6 is 15.9 Å². The molecular formula is C10H12BrFN2O5S. The van der Waals surface area contributed by atoms with Crippen molar-refractivity contribution in [2.24, 2.45) is 0 Å². The summed E-state index contributed by atoms with van der Waals surface area (Å²) < 4.78 is 37.3. The molecule has 1 aromatic carbocycles. The van der Waals surface area contributed by atoms with E-state index in [4.69, 9.17) is 4.84 Å². The lowest BCUT2D eigenvalue weighted by atomic mass is 10.2. The van der Waals surface area contributed by atoms with Crippen LogP contribution in [-0.4, -0.2) is 18.9 Å². The molecule has 1 rings (SSSR count). The van der Waals surface area contributed by atoms with Gasteiger partial charge >= 0.3 is 0 Å². The molecule has 0 saturated heterocycles. The largest absolute Gasteiger partial charge is 0.281 e. The SMILES string of the molecule is CC(C)(C)ONS(=O)(=O)c1cc([N+](=O)[O-])cc(Br)c1F. The molecule has 0 bridgehead atoms. The number of nitro groups is 1. The molecule has 1 N–H and O–H groups in total. The first-order valence-electron chi connectivity index (χ1n) is 5.27. The lowest BCUT2D eigenvalue weighted by molar-refractivity contribution is -0.385. The second-order valence-electron chi connectivity index (χ2n) is 4.80. The molecule has 0 atom stereocenters. The molecular weight excluding hydrogens is 359 g/mol. The van der Waals surface area contributed by atoms with Gasteiger partial charge < -0.3 is 0 Å². The Morgan fingerprint density at radius 2 is 1.95 bits per heavy atom. The van der Waals surface area contributed by atoms with E-state index < -0.39 is 36.9 Å². The van der Waals surface area contributed by atoms with Crippen molar-refractivity contribution in [1.29, 1.82) is 0 Å². The van der Waals surface area contributed by atoms with Gasteiger partial charge in [0.15, 0.2) is 5.82 Å². The molecule has 0 aliphatic carbocycles. The molecule has 0 fully saturated rings. The fourth-order valence-electron chi connectivity index (χ4n) is 1.08. The number of nitrogens with one attached hydrogen (secondary N) is 1. The highest BCUT2D eigenvalue weighted by molar-refractivity contribution is 9.10. The molecule has 0 radical (unpaired) electrons. The monoisotopic (exact) mass is 370 g/mol. The Labute approximate surface area is 123 Å². The third kappa shape index (κ3) is 4.20. The number of nitrogens with zero attached hydrogens (tertiary/aromatic N) is 1. The Kier molecular flexibility index (Phi) is 4.85. The van der Waals surface area contributed by atoms with Crippen molar-refractivity contribution in [3.05, 3.63) is 32.5 Å². The summed E-state index contributed by atoms with van der Waals surface area (Å²) in [6.07, 6.45) is 0. The lowest BCUT2D eigenvalue weighted by Crippen LogP contribution is -2.34. The summed E-state index contributed by atoms with van der Waals surface area (Å²) in [5.41, 5.74) is -1.41. The topological polar surface area (TPSA) is 98.5 Å². The van der Waals surface area contributed by atoms with Crippen LogP contribution in [0.4, 0.5) is 10.1 Å². The number of hydrogen-bond donors (Lipinski definition) is 1. The highest BCUT2D eigenvalue weighted by Gasteiger charge is 2.27. The van der Waals surface area contributed by atoms with Crippen molar-refractivity contribution in [1.82, 2.24) is 4.89 Å². The van der Waals surface area contributed by atoms with Gasteiger partial charge in [0.05, 0.1) is 15.0 Å². The predicted octanol–water partition coefficient (Wildman–Crippen LogP) is 2.50. The Balaban J connectivity index is 3.27. The molecule has 7 nitrogen and oxygen atoms in total. The first-order chi connectivity index (χ1) is 8.94. The van der Waals surface area contributed by atoms with Gasteiger partial charge in [-0.2, -0.15) is 0 Å². The molecule has 112 valence electrons. The predicted molar refractivity (Wildman–Crippen MR) is 71.9 cm³/mol. The van der Waals surface area contributed by atoms with Crippen LogP contribution in [0.2, 0.25) is 0 Å². The summed E-state index contributed by atoms with van der Waals surface area (Å²) >= 11 is 2.74. The summed E-state index contributed by atoms with van der Waals surface area (Å²) in [7, 11) is -4.38. The summed E-state index contributed by atoms with van der Waals surface area (Å²) in [4.78, 5) is 15.6. The maximum absolute atomic E-state index is 13.8. The Morgan fingerprint density at radius 1 is 1.40 bits per heavy atom. The van der Waals surface area contributed by atoms with Crippen LogP contribution in [0.5, 0.6) is 0 Å². The number of rotatable bonds is 4. The van der Waals surface area contributed by atoms with Crippen LogP contribution in [0.15, 0.2) is 21.5 Å². The molecule has 0 spiro atoms.